The predicted octanol–water partition coefficient (Wildman–Crippen LogP) is 5.23. The lowest BCUT2D eigenvalue weighted by Crippen LogP contribution is -2.40. The van der Waals surface area contributed by atoms with E-state index in [1.165, 1.54) is 11.1 Å². The lowest BCUT2D eigenvalue weighted by molar-refractivity contribution is -0.117. The van der Waals surface area contributed by atoms with E-state index >= 15 is 0 Å². The van der Waals surface area contributed by atoms with Gasteiger partial charge < -0.3 is 15.7 Å². The van der Waals surface area contributed by atoms with E-state index in [0.717, 1.165) is 60.9 Å². The van der Waals surface area contributed by atoms with Crippen molar-refractivity contribution in [2.45, 2.75) is 64.7 Å². The SMILES string of the molecule is CCc1cc2c(cc1O)CCC1C2CC[C@]2(C)C3=C=C=CNC(C(=O)NCCc4ccccn4)=C3CC12. The van der Waals surface area contributed by atoms with Crippen LogP contribution in [0.1, 0.15) is 67.8 Å². The molecule has 0 radical (unpaired) electrons. The molecule has 1 aromatic heterocycles. The first kappa shape index (κ1) is 23.9. The van der Waals surface area contributed by atoms with Gasteiger partial charge in [-0.3, -0.25) is 9.78 Å². The Hall–Kier alpha value is -3.52. The molecule has 3 N–H and O–H groups in total. The summed E-state index contributed by atoms with van der Waals surface area (Å²) in [6.07, 6.45) is 10.3. The number of hydrogen-bond donors (Lipinski definition) is 3. The Labute approximate surface area is 219 Å². The van der Waals surface area contributed by atoms with Crippen molar-refractivity contribution in [3.63, 3.8) is 0 Å². The second-order valence-electron chi connectivity index (χ2n) is 11.2. The van der Waals surface area contributed by atoms with Gasteiger partial charge in [-0.2, -0.15) is 0 Å². The first-order valence-electron chi connectivity index (χ1n) is 13.7. The molecule has 1 amide bonds. The summed E-state index contributed by atoms with van der Waals surface area (Å²) in [6.45, 7) is 5.04. The second-order valence-corrected chi connectivity index (χ2v) is 11.2. The second kappa shape index (κ2) is 9.41. The van der Waals surface area contributed by atoms with Gasteiger partial charge in [0, 0.05) is 35.8 Å². The average Bonchev–Trinajstić information content (AvgIpc) is 3.05. The molecule has 2 fully saturated rings. The number of fused-ring (bicyclic) bond motifs is 7. The minimum atomic E-state index is -0.0685. The van der Waals surface area contributed by atoms with Gasteiger partial charge in [-0.15, -0.1) is 0 Å². The van der Waals surface area contributed by atoms with Crippen LogP contribution in [0.25, 0.3) is 0 Å². The van der Waals surface area contributed by atoms with Crippen molar-refractivity contribution in [2.75, 3.05) is 6.54 Å². The molecule has 2 aromatic rings. The number of aromatic nitrogens is 1. The zero-order valence-corrected chi connectivity index (χ0v) is 21.7. The van der Waals surface area contributed by atoms with Crippen LogP contribution in [0.15, 0.2) is 71.0 Å². The predicted molar refractivity (Wildman–Crippen MR) is 144 cm³/mol. The van der Waals surface area contributed by atoms with Gasteiger partial charge >= 0.3 is 0 Å². The highest BCUT2D eigenvalue weighted by Gasteiger charge is 2.55. The lowest BCUT2D eigenvalue weighted by atomic mass is 9.55. The molecule has 2 saturated carbocycles. The van der Waals surface area contributed by atoms with Crippen molar-refractivity contribution >= 4 is 5.91 Å². The number of aromatic hydroxyl groups is 1. The first-order chi connectivity index (χ1) is 18.0. The van der Waals surface area contributed by atoms with Gasteiger partial charge in [-0.05, 0) is 96.7 Å². The van der Waals surface area contributed by atoms with Crippen molar-refractivity contribution in [1.29, 1.82) is 0 Å². The molecule has 4 atom stereocenters. The van der Waals surface area contributed by atoms with Gasteiger partial charge in [-0.25, -0.2) is 0 Å². The standard InChI is InChI=1S/C32H35N3O2/c1-3-20-17-25-21(18-29(20)36)9-10-24-23(25)11-13-32(2)27-8-6-15-34-30(26(27)19-28(24)32)31(37)35-16-12-22-7-4-5-14-33-22/h4-5,7,14-15,17-18,23-24,28,34,36H,3,9-13,16,19H2,1-2H3,(H,35,37)/t23?,24?,28?,32-/m1/s1. The van der Waals surface area contributed by atoms with Crippen LogP contribution in [-0.2, 0) is 24.1 Å². The van der Waals surface area contributed by atoms with Crippen LogP contribution in [0, 0.1) is 17.3 Å². The Morgan fingerprint density at radius 3 is 3.00 bits per heavy atom. The molecule has 3 aliphatic carbocycles. The van der Waals surface area contributed by atoms with E-state index in [9.17, 15) is 9.90 Å². The van der Waals surface area contributed by atoms with Crippen molar-refractivity contribution in [1.82, 2.24) is 15.6 Å². The van der Waals surface area contributed by atoms with Crippen LogP contribution in [-0.4, -0.2) is 22.5 Å². The molecule has 1 aromatic carbocycles. The number of rotatable bonds is 5. The summed E-state index contributed by atoms with van der Waals surface area (Å²) in [5.74, 6) is 1.92. The van der Waals surface area contributed by atoms with Crippen molar-refractivity contribution in [3.05, 3.63) is 93.4 Å². The maximum atomic E-state index is 13.4. The van der Waals surface area contributed by atoms with Gasteiger partial charge in [0.15, 0.2) is 0 Å². The third-order valence-corrected chi connectivity index (χ3v) is 9.40. The number of carbonyl (C=O) groups is 1. The first-order valence-corrected chi connectivity index (χ1v) is 13.7. The molecule has 0 spiro atoms. The molecule has 4 aliphatic rings. The summed E-state index contributed by atoms with van der Waals surface area (Å²) in [7, 11) is 0. The number of phenolic OH excluding ortho intramolecular Hbond substituents is 1. The molecule has 0 saturated heterocycles. The average molecular weight is 494 g/mol. The Kier molecular flexibility index (Phi) is 6.07. The zero-order chi connectivity index (χ0) is 25.6. The summed E-state index contributed by atoms with van der Waals surface area (Å²) in [4.78, 5) is 17.7. The van der Waals surface area contributed by atoms with E-state index in [2.05, 4.69) is 47.0 Å². The fraction of sp³-hybridized carbons (Fsp3) is 0.438. The molecular formula is C32H35N3O2. The number of nitrogens with zero attached hydrogens (tertiary/aromatic N) is 1. The molecule has 190 valence electrons. The Morgan fingerprint density at radius 2 is 2.19 bits per heavy atom. The number of hydrogen-bond acceptors (Lipinski definition) is 4. The van der Waals surface area contributed by atoms with Gasteiger partial charge in [0.25, 0.3) is 5.91 Å². The number of carbonyl (C=O) groups excluding carboxylic acids is 1. The quantitative estimate of drug-likeness (QED) is 0.499. The topological polar surface area (TPSA) is 74.2 Å². The van der Waals surface area contributed by atoms with E-state index in [0.29, 0.717) is 42.2 Å². The number of allylic oxidation sites excluding steroid dienone is 2. The monoisotopic (exact) mass is 493 g/mol. The summed E-state index contributed by atoms with van der Waals surface area (Å²) < 4.78 is 0. The van der Waals surface area contributed by atoms with Crippen molar-refractivity contribution < 1.29 is 9.90 Å². The zero-order valence-electron chi connectivity index (χ0n) is 21.7. The summed E-state index contributed by atoms with van der Waals surface area (Å²) in [5.41, 5.74) is 14.3. The minimum absolute atomic E-state index is 0.00907. The molecule has 0 bridgehead atoms. The lowest BCUT2D eigenvalue weighted by Gasteiger charge is -2.49. The molecule has 6 rings (SSSR count). The van der Waals surface area contributed by atoms with Crippen LogP contribution in [0.5, 0.6) is 5.75 Å². The number of nitrogens with one attached hydrogen (secondary N) is 2. The molecular weight excluding hydrogens is 458 g/mol. The molecule has 37 heavy (non-hydrogen) atoms. The third-order valence-electron chi connectivity index (χ3n) is 9.40. The summed E-state index contributed by atoms with van der Waals surface area (Å²) in [6, 6.07) is 10.2. The molecule has 1 aliphatic heterocycles. The summed E-state index contributed by atoms with van der Waals surface area (Å²) in [5, 5.41) is 16.8. The van der Waals surface area contributed by atoms with E-state index in [1.54, 1.807) is 12.4 Å². The van der Waals surface area contributed by atoms with Crippen LogP contribution in [0.4, 0.5) is 0 Å². The maximum Gasteiger partial charge on any atom is 0.268 e. The third kappa shape index (κ3) is 4.03. The smallest absolute Gasteiger partial charge is 0.268 e. The number of benzene rings is 1. The highest BCUT2D eigenvalue weighted by Crippen LogP contribution is 2.64. The van der Waals surface area contributed by atoms with Crippen LogP contribution >= 0.6 is 0 Å². The van der Waals surface area contributed by atoms with Crippen LogP contribution < -0.4 is 10.6 Å². The fourth-order valence-electron chi connectivity index (χ4n) is 7.50. The Morgan fingerprint density at radius 1 is 1.30 bits per heavy atom. The fourth-order valence-corrected chi connectivity index (χ4v) is 7.50. The Balaban J connectivity index is 1.28. The number of phenols is 1. The van der Waals surface area contributed by atoms with Gasteiger partial charge in [0.05, 0.1) is 6.20 Å². The van der Waals surface area contributed by atoms with Crippen LogP contribution in [0.2, 0.25) is 0 Å². The highest BCUT2D eigenvalue weighted by molar-refractivity contribution is 5.95. The van der Waals surface area contributed by atoms with Crippen molar-refractivity contribution in [3.8, 4) is 5.75 Å². The Bertz CT molecular complexity index is 1380. The highest BCUT2D eigenvalue weighted by atomic mass is 16.3. The molecule has 2 heterocycles. The van der Waals surface area contributed by atoms with Gasteiger partial charge in [-0.1, -0.05) is 37.4 Å². The number of pyridine rings is 1. The van der Waals surface area contributed by atoms with Gasteiger partial charge in [0.1, 0.15) is 11.4 Å². The summed E-state index contributed by atoms with van der Waals surface area (Å²) >= 11 is 0. The van der Waals surface area contributed by atoms with Gasteiger partial charge in [0.2, 0.25) is 0 Å². The number of aryl methyl sites for hydroxylation is 2. The maximum absolute atomic E-state index is 13.4. The van der Waals surface area contributed by atoms with E-state index in [4.69, 9.17) is 0 Å². The van der Waals surface area contributed by atoms with E-state index < -0.39 is 0 Å². The molecule has 3 unspecified atom stereocenters. The van der Waals surface area contributed by atoms with E-state index in [-0.39, 0.29) is 11.3 Å². The van der Waals surface area contributed by atoms with Crippen LogP contribution in [0.3, 0.4) is 0 Å². The van der Waals surface area contributed by atoms with Crippen molar-refractivity contribution in [2.24, 2.45) is 17.3 Å². The van der Waals surface area contributed by atoms with E-state index in [1.807, 2.05) is 24.3 Å². The molecule has 5 nitrogen and oxygen atoms in total. The molecule has 5 heteroatoms. The number of amides is 1. The minimum Gasteiger partial charge on any atom is -0.508 e. The normalized spacial score (nSPS) is 27.3. The largest absolute Gasteiger partial charge is 0.508 e.